The van der Waals surface area contributed by atoms with Crippen LogP contribution in [0.25, 0.3) is 0 Å². The van der Waals surface area contributed by atoms with Gasteiger partial charge in [0.15, 0.2) is 0 Å². The van der Waals surface area contributed by atoms with Crippen molar-refractivity contribution in [1.29, 1.82) is 0 Å². The molecule has 0 fully saturated rings. The number of aliphatic hydroxyl groups excluding tert-OH is 1. The molecule has 1 atom stereocenters. The standard InChI is InChI=1S/C22H42O3/c1-4-5-6-7-8-9-10-11-12-13-14-15-16-17-18-21(19-23)25-22(24)20(2)3/h21,23H,2,4-19H2,1,3H3. The fourth-order valence-corrected chi connectivity index (χ4v) is 3.01. The molecule has 3 heteroatoms. The summed E-state index contributed by atoms with van der Waals surface area (Å²) in [6.07, 6.45) is 19.0. The van der Waals surface area contributed by atoms with Crippen LogP contribution < -0.4 is 0 Å². The molecule has 0 heterocycles. The van der Waals surface area contributed by atoms with Crippen LogP contribution in [0.4, 0.5) is 0 Å². The van der Waals surface area contributed by atoms with Crippen LogP contribution in [0.5, 0.6) is 0 Å². The van der Waals surface area contributed by atoms with Gasteiger partial charge in [0.2, 0.25) is 0 Å². The van der Waals surface area contributed by atoms with Crippen molar-refractivity contribution in [1.82, 2.24) is 0 Å². The van der Waals surface area contributed by atoms with Gasteiger partial charge in [-0.15, -0.1) is 0 Å². The smallest absolute Gasteiger partial charge is 0.333 e. The summed E-state index contributed by atoms with van der Waals surface area (Å²) in [4.78, 5) is 11.4. The van der Waals surface area contributed by atoms with E-state index in [1.807, 2.05) is 0 Å². The predicted molar refractivity (Wildman–Crippen MR) is 107 cm³/mol. The molecule has 0 aliphatic heterocycles. The summed E-state index contributed by atoms with van der Waals surface area (Å²) < 4.78 is 5.19. The molecule has 0 aromatic heterocycles. The summed E-state index contributed by atoms with van der Waals surface area (Å²) in [5.74, 6) is -0.399. The van der Waals surface area contributed by atoms with Gasteiger partial charge in [-0.3, -0.25) is 0 Å². The second-order valence-corrected chi connectivity index (χ2v) is 7.38. The van der Waals surface area contributed by atoms with Crippen LogP contribution in [0.3, 0.4) is 0 Å². The van der Waals surface area contributed by atoms with E-state index in [2.05, 4.69) is 13.5 Å². The minimum atomic E-state index is -0.399. The number of aliphatic hydroxyl groups is 1. The Morgan fingerprint density at radius 3 is 1.60 bits per heavy atom. The third-order valence-corrected chi connectivity index (χ3v) is 4.71. The fourth-order valence-electron chi connectivity index (χ4n) is 3.01. The van der Waals surface area contributed by atoms with Gasteiger partial charge in [-0.1, -0.05) is 97.0 Å². The zero-order valence-corrected chi connectivity index (χ0v) is 16.9. The molecule has 0 bridgehead atoms. The van der Waals surface area contributed by atoms with Gasteiger partial charge in [-0.2, -0.15) is 0 Å². The molecule has 25 heavy (non-hydrogen) atoms. The first kappa shape index (κ1) is 24.2. The first-order valence-corrected chi connectivity index (χ1v) is 10.6. The minimum absolute atomic E-state index is 0.0997. The van der Waals surface area contributed by atoms with E-state index < -0.39 is 5.97 Å². The maximum Gasteiger partial charge on any atom is 0.333 e. The number of carbonyl (C=O) groups is 1. The number of esters is 1. The van der Waals surface area contributed by atoms with Gasteiger partial charge in [0.1, 0.15) is 6.10 Å². The van der Waals surface area contributed by atoms with Crippen LogP contribution >= 0.6 is 0 Å². The van der Waals surface area contributed by atoms with E-state index >= 15 is 0 Å². The van der Waals surface area contributed by atoms with Crippen molar-refractivity contribution in [2.45, 2.75) is 116 Å². The van der Waals surface area contributed by atoms with E-state index in [0.717, 1.165) is 19.3 Å². The second-order valence-electron chi connectivity index (χ2n) is 7.38. The Morgan fingerprint density at radius 2 is 1.24 bits per heavy atom. The highest BCUT2D eigenvalue weighted by Gasteiger charge is 2.13. The molecule has 0 saturated heterocycles. The van der Waals surface area contributed by atoms with E-state index in [0.29, 0.717) is 5.57 Å². The predicted octanol–water partition coefficient (Wildman–Crippen LogP) is 6.34. The largest absolute Gasteiger partial charge is 0.457 e. The summed E-state index contributed by atoms with van der Waals surface area (Å²) in [5, 5.41) is 9.25. The molecule has 0 aromatic rings. The van der Waals surface area contributed by atoms with Gasteiger partial charge in [0.05, 0.1) is 6.61 Å². The van der Waals surface area contributed by atoms with Crippen LogP contribution in [0.2, 0.25) is 0 Å². The van der Waals surface area contributed by atoms with Crippen molar-refractivity contribution < 1.29 is 14.6 Å². The molecule has 1 unspecified atom stereocenters. The summed E-state index contributed by atoms with van der Waals surface area (Å²) >= 11 is 0. The van der Waals surface area contributed by atoms with Crippen molar-refractivity contribution in [2.75, 3.05) is 6.61 Å². The molecule has 3 nitrogen and oxygen atoms in total. The highest BCUT2D eigenvalue weighted by atomic mass is 16.6. The Bertz CT molecular complexity index is 325. The lowest BCUT2D eigenvalue weighted by molar-refractivity contribution is -0.146. The summed E-state index contributed by atoms with van der Waals surface area (Å²) in [7, 11) is 0. The number of hydrogen-bond acceptors (Lipinski definition) is 3. The van der Waals surface area contributed by atoms with Crippen molar-refractivity contribution >= 4 is 5.97 Å². The van der Waals surface area contributed by atoms with E-state index in [1.165, 1.54) is 77.0 Å². The average molecular weight is 355 g/mol. The quantitative estimate of drug-likeness (QED) is 0.177. The Morgan fingerprint density at radius 1 is 0.840 bits per heavy atom. The number of rotatable bonds is 18. The Kier molecular flexibility index (Phi) is 17.4. The van der Waals surface area contributed by atoms with Gasteiger partial charge in [0, 0.05) is 5.57 Å². The van der Waals surface area contributed by atoms with E-state index in [-0.39, 0.29) is 12.7 Å². The summed E-state index contributed by atoms with van der Waals surface area (Å²) in [5.41, 5.74) is 0.388. The van der Waals surface area contributed by atoms with Gasteiger partial charge in [-0.25, -0.2) is 4.79 Å². The van der Waals surface area contributed by atoms with Crippen molar-refractivity contribution in [3.63, 3.8) is 0 Å². The van der Waals surface area contributed by atoms with Crippen LogP contribution in [0.1, 0.15) is 110 Å². The Balaban J connectivity index is 3.32. The van der Waals surface area contributed by atoms with Crippen LogP contribution in [0.15, 0.2) is 12.2 Å². The van der Waals surface area contributed by atoms with Crippen molar-refractivity contribution in [3.8, 4) is 0 Å². The van der Waals surface area contributed by atoms with Gasteiger partial charge >= 0.3 is 5.97 Å². The lowest BCUT2D eigenvalue weighted by Crippen LogP contribution is -2.22. The maximum absolute atomic E-state index is 11.4. The molecule has 0 aliphatic carbocycles. The van der Waals surface area contributed by atoms with Gasteiger partial charge in [0.25, 0.3) is 0 Å². The van der Waals surface area contributed by atoms with E-state index in [1.54, 1.807) is 6.92 Å². The van der Waals surface area contributed by atoms with Crippen LogP contribution in [-0.2, 0) is 9.53 Å². The minimum Gasteiger partial charge on any atom is -0.457 e. The summed E-state index contributed by atoms with van der Waals surface area (Å²) in [6.45, 7) is 7.36. The number of ether oxygens (including phenoxy) is 1. The number of hydrogen-bond donors (Lipinski definition) is 1. The zero-order chi connectivity index (χ0) is 18.8. The highest BCUT2D eigenvalue weighted by molar-refractivity contribution is 5.87. The molecule has 0 aromatic carbocycles. The normalized spacial score (nSPS) is 12.1. The lowest BCUT2D eigenvalue weighted by atomic mass is 10.0. The third-order valence-electron chi connectivity index (χ3n) is 4.71. The molecule has 0 spiro atoms. The SMILES string of the molecule is C=C(C)C(=O)OC(CO)CCCCCCCCCCCCCCCC. The number of unbranched alkanes of at least 4 members (excludes halogenated alkanes) is 13. The van der Waals surface area contributed by atoms with Crippen LogP contribution in [-0.4, -0.2) is 23.8 Å². The first-order chi connectivity index (χ1) is 12.1. The van der Waals surface area contributed by atoms with E-state index in [4.69, 9.17) is 4.74 Å². The van der Waals surface area contributed by atoms with E-state index in [9.17, 15) is 9.90 Å². The second kappa shape index (κ2) is 18.0. The third kappa shape index (κ3) is 16.4. The molecular weight excluding hydrogens is 312 g/mol. The molecular formula is C22H42O3. The molecule has 148 valence electrons. The molecule has 0 aliphatic rings. The number of carbonyl (C=O) groups excluding carboxylic acids is 1. The maximum atomic E-state index is 11.4. The highest BCUT2D eigenvalue weighted by Crippen LogP contribution is 2.14. The Hall–Kier alpha value is -0.830. The van der Waals surface area contributed by atoms with Crippen LogP contribution in [0, 0.1) is 0 Å². The zero-order valence-electron chi connectivity index (χ0n) is 16.9. The molecule has 0 radical (unpaired) electrons. The van der Waals surface area contributed by atoms with Crippen molar-refractivity contribution in [3.05, 3.63) is 12.2 Å². The Labute approximate surface area is 156 Å². The molecule has 0 saturated carbocycles. The fraction of sp³-hybridized carbons (Fsp3) is 0.864. The molecule has 0 amide bonds. The van der Waals surface area contributed by atoms with Gasteiger partial charge < -0.3 is 9.84 Å². The average Bonchev–Trinajstić information content (AvgIpc) is 2.60. The van der Waals surface area contributed by atoms with Crippen molar-refractivity contribution in [2.24, 2.45) is 0 Å². The first-order valence-electron chi connectivity index (χ1n) is 10.6. The topological polar surface area (TPSA) is 46.5 Å². The van der Waals surface area contributed by atoms with Gasteiger partial charge in [-0.05, 0) is 19.8 Å². The molecule has 1 N–H and O–H groups in total. The molecule has 0 rings (SSSR count). The lowest BCUT2D eigenvalue weighted by Gasteiger charge is -2.15. The monoisotopic (exact) mass is 354 g/mol. The summed E-state index contributed by atoms with van der Waals surface area (Å²) in [6, 6.07) is 0.